The summed E-state index contributed by atoms with van der Waals surface area (Å²) < 4.78 is 42.1. The molecule has 7 nitrogen and oxygen atoms in total. The average molecular weight is 434 g/mol. The number of fused-ring (bicyclic) bond motifs is 1. The van der Waals surface area contributed by atoms with E-state index in [0.717, 1.165) is 17.0 Å². The Hall–Kier alpha value is -3.56. The minimum atomic E-state index is -4.62. The van der Waals surface area contributed by atoms with Crippen LogP contribution in [0.25, 0.3) is 11.0 Å². The summed E-state index contributed by atoms with van der Waals surface area (Å²) in [6.07, 6.45) is -4.62. The lowest BCUT2D eigenvalue weighted by atomic mass is 10.1. The molecule has 0 saturated carbocycles. The molecule has 0 atom stereocenters. The van der Waals surface area contributed by atoms with Crippen LogP contribution in [0.15, 0.2) is 53.3 Å². The van der Waals surface area contributed by atoms with Crippen molar-refractivity contribution in [2.45, 2.75) is 26.2 Å². The van der Waals surface area contributed by atoms with Gasteiger partial charge in [0.15, 0.2) is 0 Å². The SMILES string of the molecule is CCn1c(=O)n(CC(=O)N(C)CC(=O)Nc2ccccc2C(F)(F)F)c2ccccc21. The summed E-state index contributed by atoms with van der Waals surface area (Å²) in [6, 6.07) is 11.6. The van der Waals surface area contributed by atoms with Crippen molar-refractivity contribution in [1.29, 1.82) is 0 Å². The number of amides is 2. The monoisotopic (exact) mass is 434 g/mol. The number of carbonyl (C=O) groups excluding carboxylic acids is 2. The number of nitrogens with zero attached hydrogens (tertiary/aromatic N) is 3. The predicted octanol–water partition coefficient (Wildman–Crippen LogP) is 2.94. The number of para-hydroxylation sites is 3. The van der Waals surface area contributed by atoms with Gasteiger partial charge in [-0.05, 0) is 31.2 Å². The number of nitrogens with one attached hydrogen (secondary N) is 1. The van der Waals surface area contributed by atoms with E-state index in [4.69, 9.17) is 0 Å². The van der Waals surface area contributed by atoms with Crippen LogP contribution in [0.1, 0.15) is 12.5 Å². The van der Waals surface area contributed by atoms with Gasteiger partial charge in [0.25, 0.3) is 0 Å². The van der Waals surface area contributed by atoms with E-state index < -0.39 is 30.1 Å². The van der Waals surface area contributed by atoms with E-state index in [9.17, 15) is 27.6 Å². The van der Waals surface area contributed by atoms with Crippen LogP contribution in [0.2, 0.25) is 0 Å². The lowest BCUT2D eigenvalue weighted by Gasteiger charge is -2.18. The highest BCUT2D eigenvalue weighted by Crippen LogP contribution is 2.34. The standard InChI is InChI=1S/C21H21F3N4O3/c1-3-27-16-10-6-7-11-17(16)28(20(27)31)13-19(30)26(2)12-18(29)25-15-9-5-4-8-14(15)21(22,23)24/h4-11H,3,12-13H2,1-2H3,(H,25,29). The Labute approximate surface area is 175 Å². The van der Waals surface area contributed by atoms with Gasteiger partial charge < -0.3 is 10.2 Å². The van der Waals surface area contributed by atoms with E-state index in [1.165, 1.54) is 28.3 Å². The van der Waals surface area contributed by atoms with Crippen LogP contribution in [0, 0.1) is 0 Å². The van der Waals surface area contributed by atoms with Gasteiger partial charge in [0.2, 0.25) is 11.8 Å². The summed E-state index contributed by atoms with van der Waals surface area (Å²) in [7, 11) is 1.35. The quantitative estimate of drug-likeness (QED) is 0.648. The second kappa shape index (κ2) is 8.66. The molecule has 164 valence electrons. The fourth-order valence-electron chi connectivity index (χ4n) is 3.32. The molecule has 0 aliphatic heterocycles. The Morgan fingerprint density at radius 3 is 2.19 bits per heavy atom. The zero-order valence-corrected chi connectivity index (χ0v) is 16.9. The van der Waals surface area contributed by atoms with Gasteiger partial charge in [0.05, 0.1) is 28.8 Å². The van der Waals surface area contributed by atoms with E-state index in [1.54, 1.807) is 24.3 Å². The van der Waals surface area contributed by atoms with Crippen LogP contribution in [0.4, 0.5) is 18.9 Å². The van der Waals surface area contributed by atoms with E-state index in [2.05, 4.69) is 5.32 Å². The molecule has 0 aliphatic carbocycles. The molecule has 3 aromatic rings. The molecular formula is C21H21F3N4O3. The summed E-state index contributed by atoms with van der Waals surface area (Å²) in [6.45, 7) is 1.48. The van der Waals surface area contributed by atoms with Gasteiger partial charge in [-0.15, -0.1) is 0 Å². The Bertz CT molecular complexity index is 1180. The van der Waals surface area contributed by atoms with E-state index in [-0.39, 0.29) is 17.9 Å². The first-order chi connectivity index (χ1) is 14.6. The van der Waals surface area contributed by atoms with Crippen LogP contribution in [-0.4, -0.2) is 39.4 Å². The molecular weight excluding hydrogens is 413 g/mol. The number of anilines is 1. The van der Waals surface area contributed by atoms with Crippen LogP contribution in [0.5, 0.6) is 0 Å². The minimum absolute atomic E-state index is 0.296. The van der Waals surface area contributed by atoms with Crippen LogP contribution < -0.4 is 11.0 Å². The minimum Gasteiger partial charge on any atom is -0.335 e. The number of likely N-dealkylation sites (N-methyl/N-ethyl adjacent to an activating group) is 1. The summed E-state index contributed by atoms with van der Waals surface area (Å²) >= 11 is 0. The smallest absolute Gasteiger partial charge is 0.335 e. The molecule has 0 fully saturated rings. The van der Waals surface area contributed by atoms with Crippen molar-refractivity contribution in [1.82, 2.24) is 14.0 Å². The third-order valence-electron chi connectivity index (χ3n) is 4.85. The van der Waals surface area contributed by atoms with Crippen molar-refractivity contribution >= 4 is 28.5 Å². The molecule has 10 heteroatoms. The number of aryl methyl sites for hydroxylation is 1. The summed E-state index contributed by atoms with van der Waals surface area (Å²) in [4.78, 5) is 38.6. The number of hydrogen-bond donors (Lipinski definition) is 1. The van der Waals surface area contributed by atoms with Crippen LogP contribution in [-0.2, 0) is 28.9 Å². The number of benzene rings is 2. The molecule has 0 radical (unpaired) electrons. The third kappa shape index (κ3) is 4.62. The Morgan fingerprint density at radius 1 is 1.00 bits per heavy atom. The van der Waals surface area contributed by atoms with Crippen molar-refractivity contribution in [2.24, 2.45) is 0 Å². The number of carbonyl (C=O) groups is 2. The molecule has 0 aliphatic rings. The molecule has 3 rings (SSSR count). The second-order valence-electron chi connectivity index (χ2n) is 6.94. The van der Waals surface area contributed by atoms with E-state index >= 15 is 0 Å². The maximum absolute atomic E-state index is 13.1. The number of halogens is 3. The Balaban J connectivity index is 1.73. The molecule has 2 amide bonds. The summed E-state index contributed by atoms with van der Waals surface area (Å²) in [5.41, 5.74) is -0.444. The van der Waals surface area contributed by atoms with Gasteiger partial charge in [-0.1, -0.05) is 24.3 Å². The predicted molar refractivity (Wildman–Crippen MR) is 110 cm³/mol. The van der Waals surface area contributed by atoms with Gasteiger partial charge in [-0.25, -0.2) is 4.79 Å². The fourth-order valence-corrected chi connectivity index (χ4v) is 3.32. The number of rotatable bonds is 6. The fraction of sp³-hybridized carbons (Fsp3) is 0.286. The number of imidazole rings is 1. The topological polar surface area (TPSA) is 76.3 Å². The molecule has 1 heterocycles. The maximum Gasteiger partial charge on any atom is 0.418 e. The Morgan fingerprint density at radius 2 is 1.58 bits per heavy atom. The highest BCUT2D eigenvalue weighted by molar-refractivity contribution is 5.95. The average Bonchev–Trinajstić information content (AvgIpc) is 2.98. The van der Waals surface area contributed by atoms with Crippen LogP contribution in [0.3, 0.4) is 0 Å². The van der Waals surface area contributed by atoms with Gasteiger partial charge in [-0.2, -0.15) is 13.2 Å². The molecule has 0 bridgehead atoms. The van der Waals surface area contributed by atoms with Crippen molar-refractivity contribution in [3.05, 3.63) is 64.6 Å². The highest BCUT2D eigenvalue weighted by Gasteiger charge is 2.33. The molecule has 1 aromatic heterocycles. The maximum atomic E-state index is 13.1. The third-order valence-corrected chi connectivity index (χ3v) is 4.85. The van der Waals surface area contributed by atoms with Crippen molar-refractivity contribution < 1.29 is 22.8 Å². The molecule has 1 N–H and O–H groups in total. The van der Waals surface area contributed by atoms with Gasteiger partial charge in [-0.3, -0.25) is 18.7 Å². The van der Waals surface area contributed by atoms with Crippen LogP contribution >= 0.6 is 0 Å². The number of alkyl halides is 3. The Kier molecular flexibility index (Phi) is 6.19. The second-order valence-corrected chi connectivity index (χ2v) is 6.94. The summed E-state index contributed by atoms with van der Waals surface area (Å²) in [5.74, 6) is -1.31. The molecule has 0 saturated heterocycles. The van der Waals surface area contributed by atoms with Gasteiger partial charge >= 0.3 is 11.9 Å². The molecule has 0 spiro atoms. The van der Waals surface area contributed by atoms with Crippen molar-refractivity contribution in [3.63, 3.8) is 0 Å². The number of aromatic nitrogens is 2. The first-order valence-corrected chi connectivity index (χ1v) is 9.51. The van der Waals surface area contributed by atoms with Crippen molar-refractivity contribution in [3.8, 4) is 0 Å². The van der Waals surface area contributed by atoms with E-state index in [1.807, 2.05) is 6.92 Å². The zero-order chi connectivity index (χ0) is 22.8. The van der Waals surface area contributed by atoms with Crippen molar-refractivity contribution in [2.75, 3.05) is 18.9 Å². The lowest BCUT2D eigenvalue weighted by Crippen LogP contribution is -2.39. The van der Waals surface area contributed by atoms with E-state index in [0.29, 0.717) is 17.6 Å². The lowest BCUT2D eigenvalue weighted by molar-refractivity contribution is -0.137. The highest BCUT2D eigenvalue weighted by atomic mass is 19.4. The first kappa shape index (κ1) is 22.1. The molecule has 0 unspecified atom stereocenters. The number of hydrogen-bond acceptors (Lipinski definition) is 3. The van der Waals surface area contributed by atoms with Gasteiger partial charge in [0, 0.05) is 13.6 Å². The first-order valence-electron chi connectivity index (χ1n) is 9.51. The molecule has 2 aromatic carbocycles. The summed E-state index contributed by atoms with van der Waals surface area (Å²) in [5, 5.41) is 2.20. The van der Waals surface area contributed by atoms with Gasteiger partial charge in [0.1, 0.15) is 6.54 Å². The normalized spacial score (nSPS) is 11.5. The molecule has 31 heavy (non-hydrogen) atoms. The zero-order valence-electron chi connectivity index (χ0n) is 16.9. The largest absolute Gasteiger partial charge is 0.418 e.